The van der Waals surface area contributed by atoms with Crippen LogP contribution in [-0.4, -0.2) is 35.4 Å². The van der Waals surface area contributed by atoms with Gasteiger partial charge >= 0.3 is 0 Å². The molecule has 0 radical (unpaired) electrons. The average molecular weight is 436 g/mol. The summed E-state index contributed by atoms with van der Waals surface area (Å²) in [5, 5.41) is 7.20. The number of benzene rings is 2. The fraction of sp³-hybridized carbons (Fsp3) is 0.320. The highest BCUT2D eigenvalue weighted by molar-refractivity contribution is 5.77. The van der Waals surface area contributed by atoms with Gasteiger partial charge in [-0.15, -0.1) is 0 Å². The fourth-order valence-corrected chi connectivity index (χ4v) is 3.24. The first-order valence-electron chi connectivity index (χ1n) is 10.8. The monoisotopic (exact) mass is 435 g/mol. The molecule has 0 atom stereocenters. The van der Waals surface area contributed by atoms with Gasteiger partial charge in [0.1, 0.15) is 11.5 Å². The summed E-state index contributed by atoms with van der Waals surface area (Å²) in [6.45, 7) is 7.14. The van der Waals surface area contributed by atoms with Gasteiger partial charge in [0.05, 0.1) is 18.8 Å². The van der Waals surface area contributed by atoms with E-state index in [1.807, 2.05) is 55.5 Å². The molecule has 0 fully saturated rings. The standard InChI is InChI=1S/C25H29N3O4/c1-4-31-20-11-9-19(10-12-20)22-13-14-25(30)28(27-22)16-15-26-24(29)17-32-23-8-6-5-7-21(23)18(2)3/h5-14,18H,4,15-17H2,1-3H3,(H,26,29). The normalized spacial score (nSPS) is 10.8. The lowest BCUT2D eigenvalue weighted by Gasteiger charge is -2.14. The van der Waals surface area contributed by atoms with Crippen molar-refractivity contribution in [3.05, 3.63) is 76.6 Å². The van der Waals surface area contributed by atoms with Gasteiger partial charge in [-0.3, -0.25) is 9.59 Å². The molecule has 7 heteroatoms. The van der Waals surface area contributed by atoms with E-state index < -0.39 is 0 Å². The lowest BCUT2D eigenvalue weighted by Crippen LogP contribution is -2.34. The smallest absolute Gasteiger partial charge is 0.266 e. The molecule has 3 aromatic rings. The summed E-state index contributed by atoms with van der Waals surface area (Å²) < 4.78 is 12.5. The van der Waals surface area contributed by atoms with E-state index in [2.05, 4.69) is 24.3 Å². The molecule has 168 valence electrons. The second-order valence-corrected chi connectivity index (χ2v) is 7.57. The minimum Gasteiger partial charge on any atom is -0.494 e. The van der Waals surface area contributed by atoms with Crippen molar-refractivity contribution >= 4 is 5.91 Å². The lowest BCUT2D eigenvalue weighted by atomic mass is 10.0. The van der Waals surface area contributed by atoms with E-state index in [0.717, 1.165) is 16.9 Å². The van der Waals surface area contributed by atoms with Crippen molar-refractivity contribution in [1.82, 2.24) is 15.1 Å². The van der Waals surface area contributed by atoms with Crippen LogP contribution in [0.1, 0.15) is 32.3 Å². The summed E-state index contributed by atoms with van der Waals surface area (Å²) in [7, 11) is 0. The average Bonchev–Trinajstić information content (AvgIpc) is 2.80. The minimum absolute atomic E-state index is 0.0850. The van der Waals surface area contributed by atoms with E-state index >= 15 is 0 Å². The van der Waals surface area contributed by atoms with Crippen molar-refractivity contribution < 1.29 is 14.3 Å². The van der Waals surface area contributed by atoms with Gasteiger partial charge in [0.15, 0.2) is 6.61 Å². The fourth-order valence-electron chi connectivity index (χ4n) is 3.24. The van der Waals surface area contributed by atoms with Crippen LogP contribution in [0.3, 0.4) is 0 Å². The van der Waals surface area contributed by atoms with Gasteiger partial charge in [0.2, 0.25) is 0 Å². The highest BCUT2D eigenvalue weighted by Crippen LogP contribution is 2.25. The van der Waals surface area contributed by atoms with Gasteiger partial charge in [-0.1, -0.05) is 32.0 Å². The number of nitrogens with zero attached hydrogens (tertiary/aromatic N) is 2. The second kappa shape index (κ2) is 11.1. The van der Waals surface area contributed by atoms with E-state index in [4.69, 9.17) is 9.47 Å². The molecule has 1 heterocycles. The topological polar surface area (TPSA) is 82.5 Å². The maximum absolute atomic E-state index is 12.2. The second-order valence-electron chi connectivity index (χ2n) is 7.57. The summed E-state index contributed by atoms with van der Waals surface area (Å²) in [6.07, 6.45) is 0. The van der Waals surface area contributed by atoms with E-state index in [0.29, 0.717) is 24.0 Å². The number of ether oxygens (including phenoxy) is 2. The first-order valence-corrected chi connectivity index (χ1v) is 10.8. The number of carbonyl (C=O) groups is 1. The van der Waals surface area contributed by atoms with Crippen molar-refractivity contribution in [2.24, 2.45) is 0 Å². The molecule has 0 bridgehead atoms. The Kier molecular flexibility index (Phi) is 8.02. The quantitative estimate of drug-likeness (QED) is 0.526. The first kappa shape index (κ1) is 23.1. The number of rotatable bonds is 10. The summed E-state index contributed by atoms with van der Waals surface area (Å²) in [4.78, 5) is 24.4. The largest absolute Gasteiger partial charge is 0.494 e. The van der Waals surface area contributed by atoms with E-state index in [9.17, 15) is 9.59 Å². The van der Waals surface area contributed by atoms with Gasteiger partial charge in [0.25, 0.3) is 11.5 Å². The first-order chi connectivity index (χ1) is 15.5. The summed E-state index contributed by atoms with van der Waals surface area (Å²) in [5.41, 5.74) is 2.38. The zero-order chi connectivity index (χ0) is 22.9. The third-order valence-corrected chi connectivity index (χ3v) is 4.87. The van der Waals surface area contributed by atoms with E-state index in [1.165, 1.54) is 10.7 Å². The third kappa shape index (κ3) is 6.20. The van der Waals surface area contributed by atoms with Crippen molar-refractivity contribution in [2.75, 3.05) is 19.8 Å². The van der Waals surface area contributed by atoms with Crippen LogP contribution in [0.25, 0.3) is 11.3 Å². The predicted molar refractivity (Wildman–Crippen MR) is 124 cm³/mol. The molecule has 2 aromatic carbocycles. The van der Waals surface area contributed by atoms with Crippen LogP contribution in [0.4, 0.5) is 0 Å². The Morgan fingerprint density at radius 2 is 1.78 bits per heavy atom. The molecule has 7 nitrogen and oxygen atoms in total. The Hall–Kier alpha value is -3.61. The van der Waals surface area contributed by atoms with E-state index in [-0.39, 0.29) is 31.2 Å². The summed E-state index contributed by atoms with van der Waals surface area (Å²) in [5.74, 6) is 1.54. The van der Waals surface area contributed by atoms with Crippen molar-refractivity contribution in [3.8, 4) is 22.8 Å². The van der Waals surface area contributed by atoms with Crippen LogP contribution in [0.5, 0.6) is 11.5 Å². The SMILES string of the molecule is CCOc1ccc(-c2ccc(=O)n(CCNC(=O)COc3ccccc3C(C)C)n2)cc1. The molecule has 0 unspecified atom stereocenters. The Bertz CT molecular complexity index is 1090. The van der Waals surface area contributed by atoms with Crippen molar-refractivity contribution in [2.45, 2.75) is 33.2 Å². The van der Waals surface area contributed by atoms with Crippen LogP contribution in [-0.2, 0) is 11.3 Å². The third-order valence-electron chi connectivity index (χ3n) is 4.87. The molecule has 0 aliphatic rings. The molecule has 3 rings (SSSR count). The molecule has 1 amide bonds. The Labute approximate surface area is 188 Å². The molecule has 0 aliphatic heterocycles. The Morgan fingerprint density at radius 1 is 1.03 bits per heavy atom. The number of para-hydroxylation sites is 1. The van der Waals surface area contributed by atoms with Crippen LogP contribution in [0.15, 0.2) is 65.5 Å². The molecular formula is C25H29N3O4. The Balaban J connectivity index is 1.55. The number of aromatic nitrogens is 2. The van der Waals surface area contributed by atoms with Crippen LogP contribution in [0.2, 0.25) is 0 Å². The number of hydrogen-bond acceptors (Lipinski definition) is 5. The molecular weight excluding hydrogens is 406 g/mol. The molecule has 32 heavy (non-hydrogen) atoms. The van der Waals surface area contributed by atoms with Crippen molar-refractivity contribution in [3.63, 3.8) is 0 Å². The highest BCUT2D eigenvalue weighted by atomic mass is 16.5. The van der Waals surface area contributed by atoms with Crippen LogP contribution < -0.4 is 20.3 Å². The molecule has 1 N–H and O–H groups in total. The van der Waals surface area contributed by atoms with Gasteiger partial charge in [-0.05, 0) is 54.8 Å². The lowest BCUT2D eigenvalue weighted by molar-refractivity contribution is -0.123. The van der Waals surface area contributed by atoms with Gasteiger partial charge < -0.3 is 14.8 Å². The van der Waals surface area contributed by atoms with Gasteiger partial charge in [-0.2, -0.15) is 5.10 Å². The van der Waals surface area contributed by atoms with E-state index in [1.54, 1.807) is 6.07 Å². The number of hydrogen-bond donors (Lipinski definition) is 1. The minimum atomic E-state index is -0.251. The van der Waals surface area contributed by atoms with Crippen LogP contribution in [0, 0.1) is 0 Å². The number of nitrogens with one attached hydrogen (secondary N) is 1. The molecule has 0 spiro atoms. The number of amides is 1. The van der Waals surface area contributed by atoms with Gasteiger partial charge in [-0.25, -0.2) is 4.68 Å². The van der Waals surface area contributed by atoms with Gasteiger partial charge in [0, 0.05) is 18.2 Å². The summed E-state index contributed by atoms with van der Waals surface area (Å²) in [6, 6.07) is 18.4. The zero-order valence-corrected chi connectivity index (χ0v) is 18.7. The maximum Gasteiger partial charge on any atom is 0.266 e. The molecule has 1 aromatic heterocycles. The van der Waals surface area contributed by atoms with Crippen molar-refractivity contribution in [1.29, 1.82) is 0 Å². The number of carbonyl (C=O) groups excluding carboxylic acids is 1. The zero-order valence-electron chi connectivity index (χ0n) is 18.7. The van der Waals surface area contributed by atoms with Crippen LogP contribution >= 0.6 is 0 Å². The summed E-state index contributed by atoms with van der Waals surface area (Å²) >= 11 is 0. The maximum atomic E-state index is 12.2. The molecule has 0 saturated carbocycles. The molecule has 0 saturated heterocycles. The predicted octanol–water partition coefficient (Wildman–Crippen LogP) is 3.63. The molecule has 0 aliphatic carbocycles. The Morgan fingerprint density at radius 3 is 2.50 bits per heavy atom. The highest BCUT2D eigenvalue weighted by Gasteiger charge is 2.10.